The smallest absolute Gasteiger partial charge is 0.128 e. The van der Waals surface area contributed by atoms with E-state index in [4.69, 9.17) is 4.42 Å². The molecule has 1 saturated heterocycles. The van der Waals surface area contributed by atoms with E-state index in [2.05, 4.69) is 5.32 Å². The van der Waals surface area contributed by atoms with Gasteiger partial charge in [0.25, 0.3) is 0 Å². The van der Waals surface area contributed by atoms with Crippen LogP contribution in [0.1, 0.15) is 12.0 Å². The van der Waals surface area contributed by atoms with Gasteiger partial charge in [-0.25, -0.2) is 4.39 Å². The van der Waals surface area contributed by atoms with Gasteiger partial charge in [-0.15, -0.1) is 0 Å². The van der Waals surface area contributed by atoms with Crippen LogP contribution in [-0.4, -0.2) is 18.8 Å². The van der Waals surface area contributed by atoms with Gasteiger partial charge in [-0.05, 0) is 24.6 Å². The average molecular weight is 169 g/mol. The Bertz CT molecular complexity index is 239. The van der Waals surface area contributed by atoms with E-state index < -0.39 is 5.67 Å². The number of rotatable bonds is 2. The van der Waals surface area contributed by atoms with E-state index in [1.807, 2.05) is 6.07 Å². The minimum atomic E-state index is -1.05. The quantitative estimate of drug-likeness (QED) is 0.726. The number of nitrogens with one attached hydrogen (secondary N) is 1. The highest BCUT2D eigenvalue weighted by Crippen LogP contribution is 2.24. The van der Waals surface area contributed by atoms with Gasteiger partial charge in [-0.3, -0.25) is 0 Å². The summed E-state index contributed by atoms with van der Waals surface area (Å²) in [6.07, 6.45) is 4.27. The highest BCUT2D eigenvalue weighted by Gasteiger charge is 2.33. The molecule has 1 atom stereocenters. The number of halogens is 1. The Morgan fingerprint density at radius 2 is 2.58 bits per heavy atom. The lowest BCUT2D eigenvalue weighted by atomic mass is 9.97. The number of hydrogen-bond donors (Lipinski definition) is 1. The zero-order valence-corrected chi connectivity index (χ0v) is 6.85. The van der Waals surface area contributed by atoms with Crippen LogP contribution in [0, 0.1) is 0 Å². The van der Waals surface area contributed by atoms with Crippen LogP contribution in [0.4, 0.5) is 4.39 Å². The summed E-state index contributed by atoms with van der Waals surface area (Å²) >= 11 is 0. The van der Waals surface area contributed by atoms with Crippen molar-refractivity contribution >= 4 is 0 Å². The summed E-state index contributed by atoms with van der Waals surface area (Å²) in [5.41, 5.74) is -0.106. The number of alkyl halides is 1. The van der Waals surface area contributed by atoms with Crippen molar-refractivity contribution in [2.24, 2.45) is 0 Å². The van der Waals surface area contributed by atoms with Crippen molar-refractivity contribution in [2.75, 3.05) is 13.1 Å². The Hall–Kier alpha value is -0.830. The van der Waals surface area contributed by atoms with Gasteiger partial charge in [0.05, 0.1) is 12.5 Å². The maximum Gasteiger partial charge on any atom is 0.128 e. The van der Waals surface area contributed by atoms with E-state index in [-0.39, 0.29) is 0 Å². The van der Waals surface area contributed by atoms with Crippen LogP contribution < -0.4 is 5.32 Å². The normalized spacial score (nSPS) is 29.4. The van der Waals surface area contributed by atoms with Gasteiger partial charge in [0.2, 0.25) is 0 Å². The highest BCUT2D eigenvalue weighted by molar-refractivity contribution is 5.11. The third-order valence-corrected chi connectivity index (χ3v) is 2.29. The maximum atomic E-state index is 13.8. The molecule has 66 valence electrons. The number of furan rings is 1. The first kappa shape index (κ1) is 7.80. The summed E-state index contributed by atoms with van der Waals surface area (Å²) in [5.74, 6) is 0. The van der Waals surface area contributed by atoms with Crippen LogP contribution in [0.15, 0.2) is 23.0 Å². The fourth-order valence-corrected chi connectivity index (χ4v) is 1.62. The SMILES string of the molecule is FC1(Cc2ccoc2)CCNC1. The molecular weight excluding hydrogens is 157 g/mol. The summed E-state index contributed by atoms with van der Waals surface area (Å²) in [4.78, 5) is 0. The standard InChI is InChI=1S/C9H12FNO/c10-9(2-3-11-7-9)5-8-1-4-12-6-8/h1,4,6,11H,2-3,5,7H2. The minimum Gasteiger partial charge on any atom is -0.472 e. The van der Waals surface area contributed by atoms with Crippen LogP contribution >= 0.6 is 0 Å². The molecule has 2 heterocycles. The molecule has 0 aliphatic carbocycles. The minimum absolute atomic E-state index is 0.469. The Morgan fingerprint density at radius 3 is 3.17 bits per heavy atom. The third-order valence-electron chi connectivity index (χ3n) is 2.29. The predicted octanol–water partition coefficient (Wildman–Crippen LogP) is 1.52. The van der Waals surface area contributed by atoms with Crippen molar-refractivity contribution in [2.45, 2.75) is 18.5 Å². The van der Waals surface area contributed by atoms with Crippen molar-refractivity contribution in [3.05, 3.63) is 24.2 Å². The molecule has 1 N–H and O–H groups in total. The summed E-state index contributed by atoms with van der Waals surface area (Å²) in [7, 11) is 0. The molecule has 1 aromatic heterocycles. The zero-order valence-electron chi connectivity index (χ0n) is 6.85. The third kappa shape index (κ3) is 1.50. The molecule has 1 aliphatic heterocycles. The second kappa shape index (κ2) is 2.90. The van der Waals surface area contributed by atoms with E-state index in [1.54, 1.807) is 12.5 Å². The molecule has 2 rings (SSSR count). The van der Waals surface area contributed by atoms with Gasteiger partial charge in [0, 0.05) is 13.0 Å². The first-order valence-corrected chi connectivity index (χ1v) is 4.19. The Balaban J connectivity index is 2.02. The molecule has 0 aromatic carbocycles. The highest BCUT2D eigenvalue weighted by atomic mass is 19.1. The van der Waals surface area contributed by atoms with Crippen molar-refractivity contribution in [3.63, 3.8) is 0 Å². The second-order valence-corrected chi connectivity index (χ2v) is 3.39. The molecule has 0 radical (unpaired) electrons. The van der Waals surface area contributed by atoms with Gasteiger partial charge < -0.3 is 9.73 Å². The van der Waals surface area contributed by atoms with Crippen molar-refractivity contribution < 1.29 is 8.81 Å². The van der Waals surface area contributed by atoms with E-state index in [0.29, 0.717) is 19.4 Å². The Labute approximate surface area is 70.8 Å². The monoisotopic (exact) mass is 169 g/mol. The fraction of sp³-hybridized carbons (Fsp3) is 0.556. The van der Waals surface area contributed by atoms with Gasteiger partial charge in [0.1, 0.15) is 5.67 Å². The molecule has 3 heteroatoms. The maximum absolute atomic E-state index is 13.8. The summed E-state index contributed by atoms with van der Waals surface area (Å²) in [6.45, 7) is 1.26. The zero-order chi connectivity index (χ0) is 8.44. The summed E-state index contributed by atoms with van der Waals surface area (Å²) in [6, 6.07) is 1.82. The van der Waals surface area contributed by atoms with E-state index in [1.165, 1.54) is 0 Å². The van der Waals surface area contributed by atoms with E-state index in [0.717, 1.165) is 12.1 Å². The predicted molar refractivity (Wildman–Crippen MR) is 43.7 cm³/mol. The Kier molecular flexibility index (Phi) is 1.89. The average Bonchev–Trinajstić information content (AvgIpc) is 2.62. The summed E-state index contributed by atoms with van der Waals surface area (Å²) in [5, 5.41) is 3.02. The van der Waals surface area contributed by atoms with Gasteiger partial charge in [0.15, 0.2) is 0 Å². The molecule has 12 heavy (non-hydrogen) atoms. The molecule has 0 saturated carbocycles. The first-order valence-electron chi connectivity index (χ1n) is 4.19. The molecule has 1 unspecified atom stereocenters. The molecule has 2 nitrogen and oxygen atoms in total. The molecule has 0 bridgehead atoms. The Morgan fingerprint density at radius 1 is 1.67 bits per heavy atom. The first-order chi connectivity index (χ1) is 5.79. The fourth-order valence-electron chi connectivity index (χ4n) is 1.62. The molecule has 0 amide bonds. The van der Waals surface area contributed by atoms with Crippen molar-refractivity contribution in [1.82, 2.24) is 5.32 Å². The lowest BCUT2D eigenvalue weighted by molar-refractivity contribution is 0.190. The van der Waals surface area contributed by atoms with Crippen LogP contribution in [0.3, 0.4) is 0 Å². The number of hydrogen-bond acceptors (Lipinski definition) is 2. The molecule has 1 aliphatic rings. The van der Waals surface area contributed by atoms with Crippen molar-refractivity contribution in [3.8, 4) is 0 Å². The molecule has 1 aromatic rings. The second-order valence-electron chi connectivity index (χ2n) is 3.39. The topological polar surface area (TPSA) is 25.2 Å². The molecule has 1 fully saturated rings. The van der Waals surface area contributed by atoms with E-state index >= 15 is 0 Å². The lowest BCUT2D eigenvalue weighted by Gasteiger charge is -2.16. The van der Waals surface area contributed by atoms with Crippen LogP contribution in [0.25, 0.3) is 0 Å². The van der Waals surface area contributed by atoms with Crippen molar-refractivity contribution in [1.29, 1.82) is 0 Å². The summed E-state index contributed by atoms with van der Waals surface area (Å²) < 4.78 is 18.7. The van der Waals surface area contributed by atoms with E-state index in [9.17, 15) is 4.39 Å². The molecule has 0 spiro atoms. The van der Waals surface area contributed by atoms with Gasteiger partial charge in [-0.1, -0.05) is 0 Å². The van der Waals surface area contributed by atoms with Gasteiger partial charge in [-0.2, -0.15) is 0 Å². The van der Waals surface area contributed by atoms with Gasteiger partial charge >= 0.3 is 0 Å². The van der Waals surface area contributed by atoms with Crippen LogP contribution in [0.5, 0.6) is 0 Å². The van der Waals surface area contributed by atoms with Crippen LogP contribution in [0.2, 0.25) is 0 Å². The largest absolute Gasteiger partial charge is 0.472 e. The van der Waals surface area contributed by atoms with Crippen LogP contribution in [-0.2, 0) is 6.42 Å². The molecular formula is C9H12FNO. The lowest BCUT2D eigenvalue weighted by Crippen LogP contribution is -2.28.